The molecule has 0 aromatic heterocycles. The fourth-order valence-corrected chi connectivity index (χ4v) is 4.06. The fraction of sp³-hybridized carbons (Fsp3) is 0.526. The van der Waals surface area contributed by atoms with Gasteiger partial charge < -0.3 is 15.3 Å². The number of hydrogen-bond donors (Lipinski definition) is 2. The van der Waals surface area contributed by atoms with Gasteiger partial charge in [-0.3, -0.25) is 14.4 Å². The summed E-state index contributed by atoms with van der Waals surface area (Å²) in [6.07, 6.45) is 3.02. The lowest BCUT2D eigenvalue weighted by Gasteiger charge is -2.39. The maximum absolute atomic E-state index is 12.6. The first-order chi connectivity index (χ1) is 12.4. The van der Waals surface area contributed by atoms with E-state index < -0.39 is 5.97 Å². The van der Waals surface area contributed by atoms with Crippen molar-refractivity contribution in [3.63, 3.8) is 0 Å². The summed E-state index contributed by atoms with van der Waals surface area (Å²) in [4.78, 5) is 37.7. The van der Waals surface area contributed by atoms with Gasteiger partial charge in [-0.1, -0.05) is 6.07 Å². The number of thioether (sulfide) groups is 1. The highest BCUT2D eigenvalue weighted by molar-refractivity contribution is 8.00. The summed E-state index contributed by atoms with van der Waals surface area (Å²) in [5.74, 6) is -0.818. The summed E-state index contributed by atoms with van der Waals surface area (Å²) in [5.41, 5.74) is 0.609. The fourth-order valence-electron chi connectivity index (χ4n) is 3.24. The van der Waals surface area contributed by atoms with Crippen molar-refractivity contribution in [3.8, 4) is 0 Å². The average Bonchev–Trinajstić information content (AvgIpc) is 2.58. The second kappa shape index (κ2) is 9.62. The Labute approximate surface area is 158 Å². The number of carboxylic acid groups (broad SMARTS) is 1. The molecule has 0 unspecified atom stereocenters. The summed E-state index contributed by atoms with van der Waals surface area (Å²) >= 11 is 1.45. The minimum atomic E-state index is -0.996. The molecule has 2 N–H and O–H groups in total. The molecule has 7 heteroatoms. The third kappa shape index (κ3) is 6.05. The average molecular weight is 378 g/mol. The number of nitrogens with one attached hydrogen (secondary N) is 1. The minimum absolute atomic E-state index is 0.0596. The van der Waals surface area contributed by atoms with E-state index in [9.17, 15) is 14.4 Å². The van der Waals surface area contributed by atoms with Gasteiger partial charge in [0, 0.05) is 29.1 Å². The van der Waals surface area contributed by atoms with E-state index in [2.05, 4.69) is 19.2 Å². The molecule has 2 rings (SSSR count). The summed E-state index contributed by atoms with van der Waals surface area (Å²) in [5, 5.41) is 11.3. The van der Waals surface area contributed by atoms with Crippen LogP contribution in [0.15, 0.2) is 29.2 Å². The first kappa shape index (κ1) is 20.3. The van der Waals surface area contributed by atoms with Gasteiger partial charge in [-0.25, -0.2) is 0 Å². The van der Waals surface area contributed by atoms with Gasteiger partial charge in [-0.05, 0) is 51.3 Å². The van der Waals surface area contributed by atoms with Crippen LogP contribution in [0.25, 0.3) is 0 Å². The molecule has 1 heterocycles. The summed E-state index contributed by atoms with van der Waals surface area (Å²) in [6, 6.07) is 7.83. The van der Waals surface area contributed by atoms with Crippen molar-refractivity contribution < 1.29 is 19.5 Å². The summed E-state index contributed by atoms with van der Waals surface area (Å²) < 4.78 is 0. The normalized spacial score (nSPS) is 19.8. The van der Waals surface area contributed by atoms with Gasteiger partial charge >= 0.3 is 5.97 Å². The molecule has 1 aromatic rings. The molecule has 1 aromatic carbocycles. The molecular formula is C19H26N2O4S. The van der Waals surface area contributed by atoms with Gasteiger partial charge in [0.05, 0.1) is 12.2 Å². The maximum Gasteiger partial charge on any atom is 0.303 e. The van der Waals surface area contributed by atoms with Crippen molar-refractivity contribution in [1.29, 1.82) is 0 Å². The molecule has 1 saturated heterocycles. The quantitative estimate of drug-likeness (QED) is 0.711. The first-order valence-electron chi connectivity index (χ1n) is 8.92. The Kier molecular flexibility index (Phi) is 7.50. The molecule has 0 radical (unpaired) electrons. The van der Waals surface area contributed by atoms with Crippen LogP contribution in [0.4, 0.5) is 5.69 Å². The van der Waals surface area contributed by atoms with E-state index in [1.807, 2.05) is 17.0 Å². The zero-order valence-electron chi connectivity index (χ0n) is 15.2. The largest absolute Gasteiger partial charge is 0.481 e. The van der Waals surface area contributed by atoms with Crippen LogP contribution in [-0.4, -0.2) is 45.6 Å². The van der Waals surface area contributed by atoms with Crippen molar-refractivity contribution in [1.82, 2.24) is 4.90 Å². The summed E-state index contributed by atoms with van der Waals surface area (Å²) in [7, 11) is 0. The van der Waals surface area contributed by atoms with Crippen molar-refractivity contribution >= 4 is 35.2 Å². The molecule has 6 nitrogen and oxygen atoms in total. The minimum Gasteiger partial charge on any atom is -0.481 e. The molecule has 142 valence electrons. The molecule has 0 aliphatic carbocycles. The third-order valence-electron chi connectivity index (χ3n) is 4.53. The molecule has 2 amide bonds. The number of hydrogen-bond acceptors (Lipinski definition) is 4. The van der Waals surface area contributed by atoms with E-state index in [0.29, 0.717) is 11.4 Å². The van der Waals surface area contributed by atoms with Crippen molar-refractivity contribution in [2.75, 3.05) is 11.1 Å². The highest BCUT2D eigenvalue weighted by Gasteiger charge is 2.28. The number of nitrogens with zero attached hydrogens (tertiary/aromatic N) is 1. The Morgan fingerprint density at radius 3 is 2.54 bits per heavy atom. The van der Waals surface area contributed by atoms with Gasteiger partial charge in [0.25, 0.3) is 0 Å². The molecule has 0 bridgehead atoms. The van der Waals surface area contributed by atoms with Crippen LogP contribution < -0.4 is 5.32 Å². The number of carboxylic acids is 1. The van der Waals surface area contributed by atoms with E-state index in [-0.39, 0.29) is 36.7 Å². The Balaban J connectivity index is 1.88. The van der Waals surface area contributed by atoms with Crippen LogP contribution >= 0.6 is 11.8 Å². The van der Waals surface area contributed by atoms with Crippen LogP contribution in [0.3, 0.4) is 0 Å². The lowest BCUT2D eigenvalue weighted by molar-refractivity contribution is -0.138. The second-order valence-electron chi connectivity index (χ2n) is 6.69. The molecule has 0 saturated carbocycles. The second-order valence-corrected chi connectivity index (χ2v) is 7.74. The van der Waals surface area contributed by atoms with E-state index >= 15 is 0 Å². The maximum atomic E-state index is 12.6. The number of piperidine rings is 1. The van der Waals surface area contributed by atoms with Gasteiger partial charge in [0.1, 0.15) is 0 Å². The molecule has 1 aliphatic rings. The third-order valence-corrected chi connectivity index (χ3v) is 5.51. The Morgan fingerprint density at radius 2 is 1.88 bits per heavy atom. The zero-order valence-corrected chi connectivity index (χ0v) is 16.1. The van der Waals surface area contributed by atoms with E-state index in [4.69, 9.17) is 5.11 Å². The Morgan fingerprint density at radius 1 is 1.19 bits per heavy atom. The number of likely N-dealkylation sites (tertiary alicyclic amines) is 1. The highest BCUT2D eigenvalue weighted by atomic mass is 32.2. The van der Waals surface area contributed by atoms with Gasteiger partial charge in [-0.2, -0.15) is 0 Å². The van der Waals surface area contributed by atoms with Crippen LogP contribution in [0.2, 0.25) is 0 Å². The predicted octanol–water partition coefficient (Wildman–Crippen LogP) is 3.37. The molecule has 2 atom stereocenters. The lowest BCUT2D eigenvalue weighted by atomic mass is 9.98. The number of anilines is 1. The number of rotatable bonds is 7. The topological polar surface area (TPSA) is 86.7 Å². The van der Waals surface area contributed by atoms with Crippen molar-refractivity contribution in [3.05, 3.63) is 24.3 Å². The number of aliphatic carboxylic acids is 1. The van der Waals surface area contributed by atoms with Gasteiger partial charge in [0.2, 0.25) is 11.8 Å². The lowest BCUT2D eigenvalue weighted by Crippen LogP contribution is -2.48. The molecule has 0 spiro atoms. The number of carbonyl (C=O) groups is 3. The monoisotopic (exact) mass is 378 g/mol. The summed E-state index contributed by atoms with van der Waals surface area (Å²) in [6.45, 7) is 4.21. The Bertz CT molecular complexity index is 655. The van der Waals surface area contributed by atoms with Crippen LogP contribution in [0.5, 0.6) is 0 Å². The SMILES string of the molecule is C[C@@H]1CCC[C@H](C)N1C(=O)CSc1cccc(NC(=O)CCC(=O)O)c1. The molecule has 26 heavy (non-hydrogen) atoms. The zero-order chi connectivity index (χ0) is 19.1. The van der Waals surface area contributed by atoms with Crippen LogP contribution in [0.1, 0.15) is 46.0 Å². The van der Waals surface area contributed by atoms with Gasteiger partial charge in [-0.15, -0.1) is 11.8 Å². The van der Waals surface area contributed by atoms with Crippen molar-refractivity contribution in [2.45, 2.75) is 62.9 Å². The predicted molar refractivity (Wildman–Crippen MR) is 102 cm³/mol. The standard InChI is InChI=1S/C19H26N2O4S/c1-13-5-3-6-14(2)21(13)18(23)12-26-16-8-4-7-15(11-16)20-17(22)9-10-19(24)25/h4,7-8,11,13-14H,3,5-6,9-10,12H2,1-2H3,(H,20,22)(H,24,25)/t13-,14+. The molecule has 1 fully saturated rings. The van der Waals surface area contributed by atoms with Crippen LogP contribution in [0, 0.1) is 0 Å². The molecule has 1 aliphatic heterocycles. The first-order valence-corrected chi connectivity index (χ1v) is 9.91. The molecular weight excluding hydrogens is 352 g/mol. The smallest absolute Gasteiger partial charge is 0.303 e. The van der Waals surface area contributed by atoms with Crippen LogP contribution in [-0.2, 0) is 14.4 Å². The number of amides is 2. The van der Waals surface area contributed by atoms with E-state index in [1.54, 1.807) is 12.1 Å². The number of benzene rings is 1. The number of carbonyl (C=O) groups excluding carboxylic acids is 2. The highest BCUT2D eigenvalue weighted by Crippen LogP contribution is 2.26. The van der Waals surface area contributed by atoms with Gasteiger partial charge in [0.15, 0.2) is 0 Å². The Hall–Kier alpha value is -2.02. The van der Waals surface area contributed by atoms with E-state index in [0.717, 1.165) is 17.7 Å². The van der Waals surface area contributed by atoms with Crippen molar-refractivity contribution in [2.24, 2.45) is 0 Å². The van der Waals surface area contributed by atoms with E-state index in [1.165, 1.54) is 18.2 Å².